The van der Waals surface area contributed by atoms with Crippen LogP contribution in [0.25, 0.3) is 0 Å². The molecule has 0 spiro atoms. The van der Waals surface area contributed by atoms with Crippen LogP contribution in [-0.4, -0.2) is 0 Å². The first-order valence-electron chi connectivity index (χ1n) is 3.29. The molecular weight excluding hydrogens is 159 g/mol. The lowest BCUT2D eigenvalue weighted by Crippen LogP contribution is -1.84. The van der Waals surface area contributed by atoms with Gasteiger partial charge in [-0.15, -0.1) is 12.6 Å². The van der Waals surface area contributed by atoms with Gasteiger partial charge in [-0.1, -0.05) is 24.8 Å². The number of thiol groups is 1. The summed E-state index contributed by atoms with van der Waals surface area (Å²) < 4.78 is 12.9. The van der Waals surface area contributed by atoms with E-state index in [9.17, 15) is 4.39 Å². The lowest BCUT2D eigenvalue weighted by molar-refractivity contribution is 0.415. The van der Waals surface area contributed by atoms with Crippen molar-refractivity contribution in [1.82, 2.24) is 0 Å². The van der Waals surface area contributed by atoms with Crippen molar-refractivity contribution in [2.45, 2.75) is 11.1 Å². The van der Waals surface area contributed by atoms with Crippen LogP contribution in [0, 0.1) is 0 Å². The fourth-order valence-electron chi connectivity index (χ4n) is 0.794. The molecule has 0 aliphatic heterocycles. The van der Waals surface area contributed by atoms with Crippen LogP contribution >= 0.6 is 12.6 Å². The van der Waals surface area contributed by atoms with E-state index in [-0.39, 0.29) is 0 Å². The van der Waals surface area contributed by atoms with E-state index in [1.54, 1.807) is 24.3 Å². The Morgan fingerprint density at radius 2 is 1.91 bits per heavy atom. The molecule has 0 bridgehead atoms. The average Bonchev–Trinajstić information content (AvgIpc) is 2.05. The third-order valence-electron chi connectivity index (χ3n) is 1.42. The Morgan fingerprint density at radius 3 is 2.36 bits per heavy atom. The third-order valence-corrected chi connectivity index (χ3v) is 1.72. The molecular formula is C9H9FS. The van der Waals surface area contributed by atoms with Crippen LogP contribution in [0.3, 0.4) is 0 Å². The Labute approximate surface area is 71.2 Å². The van der Waals surface area contributed by atoms with E-state index in [1.807, 2.05) is 0 Å². The first-order chi connectivity index (χ1) is 5.24. The molecule has 11 heavy (non-hydrogen) atoms. The molecule has 1 atom stereocenters. The van der Waals surface area contributed by atoms with E-state index >= 15 is 0 Å². The molecule has 0 saturated heterocycles. The lowest BCUT2D eigenvalue weighted by atomic mass is 10.1. The van der Waals surface area contributed by atoms with E-state index in [0.29, 0.717) is 5.56 Å². The van der Waals surface area contributed by atoms with E-state index in [1.165, 1.54) is 6.08 Å². The number of hydrogen-bond donors (Lipinski definition) is 1. The zero-order chi connectivity index (χ0) is 8.27. The molecule has 0 fully saturated rings. The summed E-state index contributed by atoms with van der Waals surface area (Å²) in [6.45, 7) is 3.37. The Balaban J connectivity index is 2.89. The van der Waals surface area contributed by atoms with Crippen LogP contribution in [0.2, 0.25) is 0 Å². The second kappa shape index (κ2) is 3.58. The van der Waals surface area contributed by atoms with Crippen LogP contribution < -0.4 is 0 Å². The van der Waals surface area contributed by atoms with Gasteiger partial charge in [0.05, 0.1) is 0 Å². The maximum atomic E-state index is 12.9. The second-order valence-electron chi connectivity index (χ2n) is 2.23. The topological polar surface area (TPSA) is 0 Å². The molecule has 0 nitrogen and oxygen atoms in total. The van der Waals surface area contributed by atoms with Crippen LogP contribution in [-0.2, 0) is 0 Å². The summed E-state index contributed by atoms with van der Waals surface area (Å²) in [5, 5.41) is 0. The number of rotatable bonds is 2. The highest BCUT2D eigenvalue weighted by atomic mass is 32.1. The van der Waals surface area contributed by atoms with Crippen molar-refractivity contribution in [2.24, 2.45) is 0 Å². The summed E-state index contributed by atoms with van der Waals surface area (Å²) in [4.78, 5) is 0.838. The molecule has 0 aliphatic carbocycles. The molecule has 0 heterocycles. The van der Waals surface area contributed by atoms with Crippen molar-refractivity contribution in [3.8, 4) is 0 Å². The van der Waals surface area contributed by atoms with Gasteiger partial charge >= 0.3 is 0 Å². The van der Waals surface area contributed by atoms with Gasteiger partial charge < -0.3 is 0 Å². The van der Waals surface area contributed by atoms with E-state index in [2.05, 4.69) is 19.2 Å². The Kier molecular flexibility index (Phi) is 2.71. The van der Waals surface area contributed by atoms with Gasteiger partial charge in [0.15, 0.2) is 0 Å². The quantitative estimate of drug-likeness (QED) is 0.509. The van der Waals surface area contributed by atoms with Crippen molar-refractivity contribution < 1.29 is 4.39 Å². The second-order valence-corrected chi connectivity index (χ2v) is 2.75. The Hall–Kier alpha value is -0.760. The third kappa shape index (κ3) is 2.09. The van der Waals surface area contributed by atoms with Crippen molar-refractivity contribution >= 4 is 12.6 Å². The molecule has 0 aromatic heterocycles. The van der Waals surface area contributed by atoms with E-state index in [4.69, 9.17) is 0 Å². The molecule has 0 radical (unpaired) electrons. The number of alkyl halides is 1. The van der Waals surface area contributed by atoms with Gasteiger partial charge in [-0.25, -0.2) is 4.39 Å². The van der Waals surface area contributed by atoms with Crippen LogP contribution in [0.15, 0.2) is 41.8 Å². The molecule has 0 N–H and O–H groups in total. The van der Waals surface area contributed by atoms with E-state index < -0.39 is 6.17 Å². The molecule has 1 unspecified atom stereocenters. The van der Waals surface area contributed by atoms with Gasteiger partial charge in [-0.3, -0.25) is 0 Å². The number of benzene rings is 1. The predicted octanol–water partition coefficient (Wildman–Crippen LogP) is 3.17. The maximum Gasteiger partial charge on any atom is 0.143 e. The summed E-state index contributed by atoms with van der Waals surface area (Å²) in [7, 11) is 0. The zero-order valence-electron chi connectivity index (χ0n) is 6.00. The Bertz CT molecular complexity index is 240. The average molecular weight is 168 g/mol. The molecule has 0 aliphatic rings. The van der Waals surface area contributed by atoms with Crippen molar-refractivity contribution in [2.75, 3.05) is 0 Å². The molecule has 2 heteroatoms. The van der Waals surface area contributed by atoms with Gasteiger partial charge in [0, 0.05) is 4.90 Å². The SMILES string of the molecule is C=CC(F)c1ccc(S)cc1. The minimum atomic E-state index is -1.07. The minimum absolute atomic E-state index is 0.623. The highest BCUT2D eigenvalue weighted by Crippen LogP contribution is 2.19. The zero-order valence-corrected chi connectivity index (χ0v) is 6.89. The lowest BCUT2D eigenvalue weighted by Gasteiger charge is -2.01. The van der Waals surface area contributed by atoms with Crippen molar-refractivity contribution in [3.05, 3.63) is 42.5 Å². The number of hydrogen-bond acceptors (Lipinski definition) is 1. The highest BCUT2D eigenvalue weighted by molar-refractivity contribution is 7.80. The van der Waals surface area contributed by atoms with Gasteiger partial charge in [0.1, 0.15) is 6.17 Å². The van der Waals surface area contributed by atoms with Crippen molar-refractivity contribution in [1.29, 1.82) is 0 Å². The summed E-state index contributed by atoms with van der Waals surface area (Å²) in [5.41, 5.74) is 0.623. The van der Waals surface area contributed by atoms with Crippen LogP contribution in [0.1, 0.15) is 11.7 Å². The fraction of sp³-hybridized carbons (Fsp3) is 0.111. The summed E-state index contributed by atoms with van der Waals surface area (Å²) in [6.07, 6.45) is 0.206. The van der Waals surface area contributed by atoms with Gasteiger partial charge in [-0.05, 0) is 17.7 Å². The number of halogens is 1. The van der Waals surface area contributed by atoms with Gasteiger partial charge in [0.25, 0.3) is 0 Å². The molecule has 1 aromatic rings. The van der Waals surface area contributed by atoms with Gasteiger partial charge in [0.2, 0.25) is 0 Å². The molecule has 0 saturated carbocycles. The molecule has 58 valence electrons. The molecule has 0 amide bonds. The summed E-state index contributed by atoms with van der Waals surface area (Å²) in [6, 6.07) is 6.92. The van der Waals surface area contributed by atoms with Crippen molar-refractivity contribution in [3.63, 3.8) is 0 Å². The first-order valence-corrected chi connectivity index (χ1v) is 3.74. The summed E-state index contributed by atoms with van der Waals surface area (Å²) >= 11 is 4.08. The monoisotopic (exact) mass is 168 g/mol. The first kappa shape index (κ1) is 8.34. The van der Waals surface area contributed by atoms with Gasteiger partial charge in [-0.2, -0.15) is 0 Å². The van der Waals surface area contributed by atoms with Crippen LogP contribution in [0.5, 0.6) is 0 Å². The fourth-order valence-corrected chi connectivity index (χ4v) is 0.943. The smallest absolute Gasteiger partial charge is 0.143 e. The predicted molar refractivity (Wildman–Crippen MR) is 47.7 cm³/mol. The normalized spacial score (nSPS) is 12.5. The maximum absolute atomic E-state index is 12.9. The standard InChI is InChI=1S/C9H9FS/c1-2-9(10)7-3-5-8(11)6-4-7/h2-6,9,11H,1H2. The number of allylic oxidation sites excluding steroid dienone is 1. The molecule has 1 rings (SSSR count). The summed E-state index contributed by atoms with van der Waals surface area (Å²) in [5.74, 6) is 0. The van der Waals surface area contributed by atoms with Crippen LogP contribution in [0.4, 0.5) is 4.39 Å². The highest BCUT2D eigenvalue weighted by Gasteiger charge is 2.02. The largest absolute Gasteiger partial charge is 0.238 e. The van der Waals surface area contributed by atoms with E-state index in [0.717, 1.165) is 4.90 Å². The molecule has 1 aromatic carbocycles. The Morgan fingerprint density at radius 1 is 1.36 bits per heavy atom. The minimum Gasteiger partial charge on any atom is -0.238 e.